The average molecular weight is 373 g/mol. The Morgan fingerprint density at radius 2 is 1.70 bits per heavy atom. The smallest absolute Gasteiger partial charge is 0.317 e. The summed E-state index contributed by atoms with van der Waals surface area (Å²) in [5.41, 5.74) is 0.796. The van der Waals surface area contributed by atoms with Gasteiger partial charge in [-0.3, -0.25) is 19.3 Å². The zero-order valence-corrected chi connectivity index (χ0v) is 15.3. The van der Waals surface area contributed by atoms with Gasteiger partial charge in [-0.25, -0.2) is 4.79 Å². The molecule has 0 atom stereocenters. The zero-order valence-electron chi connectivity index (χ0n) is 15.3. The van der Waals surface area contributed by atoms with E-state index in [1.165, 1.54) is 0 Å². The van der Waals surface area contributed by atoms with Gasteiger partial charge in [0.2, 0.25) is 0 Å². The van der Waals surface area contributed by atoms with E-state index in [1.807, 2.05) is 0 Å². The first kappa shape index (κ1) is 18.9. The lowest BCUT2D eigenvalue weighted by Crippen LogP contribution is -2.47. The zero-order chi connectivity index (χ0) is 19.4. The summed E-state index contributed by atoms with van der Waals surface area (Å²) in [7, 11) is 0. The number of amides is 4. The van der Waals surface area contributed by atoms with Crippen molar-refractivity contribution in [1.82, 2.24) is 15.1 Å². The maximum Gasteiger partial charge on any atom is 0.317 e. The van der Waals surface area contributed by atoms with Gasteiger partial charge in [-0.15, -0.1) is 0 Å². The normalized spacial score (nSPS) is 17.1. The first-order chi connectivity index (χ1) is 13.0. The summed E-state index contributed by atoms with van der Waals surface area (Å²) in [6.45, 7) is 3.39. The first-order valence-electron chi connectivity index (χ1n) is 9.17. The van der Waals surface area contributed by atoms with E-state index in [2.05, 4.69) is 5.32 Å². The summed E-state index contributed by atoms with van der Waals surface area (Å²) in [4.78, 5) is 51.3. The second-order valence-electron chi connectivity index (χ2n) is 6.55. The lowest BCUT2D eigenvalue weighted by Gasteiger charge is -2.31. The van der Waals surface area contributed by atoms with Gasteiger partial charge in [0.15, 0.2) is 0 Å². The van der Waals surface area contributed by atoms with Gasteiger partial charge in [-0.1, -0.05) is 12.1 Å². The summed E-state index contributed by atoms with van der Waals surface area (Å²) in [5, 5.41) is 2.74. The van der Waals surface area contributed by atoms with E-state index in [4.69, 9.17) is 4.74 Å². The molecule has 1 N–H and O–H groups in total. The van der Waals surface area contributed by atoms with Crippen molar-refractivity contribution in [2.75, 3.05) is 32.8 Å². The minimum absolute atomic E-state index is 0.122. The number of nitrogens with zero attached hydrogens (tertiary/aromatic N) is 2. The molecule has 1 aromatic carbocycles. The van der Waals surface area contributed by atoms with Crippen LogP contribution >= 0.6 is 0 Å². The molecule has 4 amide bonds. The molecule has 0 saturated carbocycles. The van der Waals surface area contributed by atoms with Crippen molar-refractivity contribution in [1.29, 1.82) is 0 Å². The highest BCUT2D eigenvalue weighted by Gasteiger charge is 2.35. The molecule has 1 saturated heterocycles. The van der Waals surface area contributed by atoms with Crippen LogP contribution in [0, 0.1) is 5.92 Å². The van der Waals surface area contributed by atoms with Gasteiger partial charge >= 0.3 is 12.0 Å². The van der Waals surface area contributed by atoms with Crippen molar-refractivity contribution in [2.45, 2.75) is 19.8 Å². The molecule has 1 fully saturated rings. The SMILES string of the molecule is CCOC(=O)C1CCN(C(=O)NCCN2C(=O)c3ccccc3C2=O)CC1. The molecule has 8 nitrogen and oxygen atoms in total. The van der Waals surface area contributed by atoms with E-state index in [0.29, 0.717) is 43.7 Å². The number of carbonyl (C=O) groups is 4. The van der Waals surface area contributed by atoms with E-state index in [-0.39, 0.29) is 42.8 Å². The van der Waals surface area contributed by atoms with Crippen molar-refractivity contribution in [3.63, 3.8) is 0 Å². The van der Waals surface area contributed by atoms with Gasteiger partial charge in [0.25, 0.3) is 11.8 Å². The van der Waals surface area contributed by atoms with Crippen LogP contribution in [0.2, 0.25) is 0 Å². The Labute approximate surface area is 157 Å². The third kappa shape index (κ3) is 3.94. The monoisotopic (exact) mass is 373 g/mol. The quantitative estimate of drug-likeness (QED) is 0.619. The number of nitrogens with one attached hydrogen (secondary N) is 1. The van der Waals surface area contributed by atoms with Crippen LogP contribution in [0.25, 0.3) is 0 Å². The number of fused-ring (bicyclic) bond motifs is 1. The molecule has 8 heteroatoms. The molecule has 2 heterocycles. The Morgan fingerprint density at radius 3 is 2.26 bits per heavy atom. The van der Waals surface area contributed by atoms with Crippen LogP contribution in [0.4, 0.5) is 4.79 Å². The van der Waals surface area contributed by atoms with E-state index in [9.17, 15) is 19.2 Å². The van der Waals surface area contributed by atoms with Gasteiger partial charge in [0.1, 0.15) is 0 Å². The molecule has 0 unspecified atom stereocenters. The number of imide groups is 1. The van der Waals surface area contributed by atoms with E-state index < -0.39 is 0 Å². The summed E-state index contributed by atoms with van der Waals surface area (Å²) < 4.78 is 5.02. The summed E-state index contributed by atoms with van der Waals surface area (Å²) in [6, 6.07) is 6.43. The van der Waals surface area contributed by atoms with Crippen LogP contribution in [0.1, 0.15) is 40.5 Å². The lowest BCUT2D eigenvalue weighted by molar-refractivity contribution is -0.149. The predicted molar refractivity (Wildman–Crippen MR) is 96.1 cm³/mol. The molecule has 2 aliphatic rings. The molecule has 0 bridgehead atoms. The second kappa shape index (κ2) is 8.20. The van der Waals surface area contributed by atoms with Gasteiger partial charge < -0.3 is 15.0 Å². The van der Waals surface area contributed by atoms with Crippen molar-refractivity contribution in [2.24, 2.45) is 5.92 Å². The molecule has 0 aliphatic carbocycles. The van der Waals surface area contributed by atoms with Crippen molar-refractivity contribution in [3.8, 4) is 0 Å². The third-order valence-corrected chi connectivity index (χ3v) is 4.89. The molecule has 27 heavy (non-hydrogen) atoms. The number of rotatable bonds is 5. The number of hydrogen-bond acceptors (Lipinski definition) is 5. The molecule has 0 radical (unpaired) electrons. The van der Waals surface area contributed by atoms with E-state index >= 15 is 0 Å². The number of carbonyl (C=O) groups excluding carboxylic acids is 4. The fourth-order valence-electron chi connectivity index (χ4n) is 3.41. The van der Waals surface area contributed by atoms with Crippen LogP contribution in [-0.2, 0) is 9.53 Å². The standard InChI is InChI=1S/C19H23N3O5/c1-2-27-18(25)13-7-10-21(11-8-13)19(26)20-9-12-22-16(23)14-5-3-4-6-15(14)17(22)24/h3-6,13H,2,7-12H2,1H3,(H,20,26). The van der Waals surface area contributed by atoms with Gasteiger partial charge in [0.05, 0.1) is 23.7 Å². The molecule has 2 aliphatic heterocycles. The number of urea groups is 1. The number of piperidine rings is 1. The Kier molecular flexibility index (Phi) is 5.73. The van der Waals surface area contributed by atoms with Crippen LogP contribution in [0.15, 0.2) is 24.3 Å². The fraction of sp³-hybridized carbons (Fsp3) is 0.474. The molecule has 1 aromatic rings. The van der Waals surface area contributed by atoms with Crippen molar-refractivity contribution >= 4 is 23.8 Å². The Morgan fingerprint density at radius 1 is 1.11 bits per heavy atom. The molecule has 144 valence electrons. The van der Waals surface area contributed by atoms with Crippen LogP contribution in [0.3, 0.4) is 0 Å². The Hall–Kier alpha value is -2.90. The minimum atomic E-state index is -0.333. The topological polar surface area (TPSA) is 96.0 Å². The molecule has 3 rings (SSSR count). The summed E-state index contributed by atoms with van der Waals surface area (Å²) >= 11 is 0. The number of ether oxygens (including phenoxy) is 1. The van der Waals surface area contributed by atoms with E-state index in [0.717, 1.165) is 4.90 Å². The number of esters is 1. The third-order valence-electron chi connectivity index (χ3n) is 4.89. The van der Waals surface area contributed by atoms with E-state index in [1.54, 1.807) is 36.1 Å². The largest absolute Gasteiger partial charge is 0.466 e. The Balaban J connectivity index is 1.44. The van der Waals surface area contributed by atoms with Crippen LogP contribution in [-0.4, -0.2) is 66.4 Å². The molecule has 0 spiro atoms. The minimum Gasteiger partial charge on any atom is -0.466 e. The van der Waals surface area contributed by atoms with Crippen molar-refractivity contribution in [3.05, 3.63) is 35.4 Å². The summed E-state index contributed by atoms with van der Waals surface area (Å²) in [6.07, 6.45) is 1.15. The number of likely N-dealkylation sites (tertiary alicyclic amines) is 1. The van der Waals surface area contributed by atoms with Crippen LogP contribution < -0.4 is 5.32 Å². The van der Waals surface area contributed by atoms with Crippen LogP contribution in [0.5, 0.6) is 0 Å². The van der Waals surface area contributed by atoms with Crippen molar-refractivity contribution < 1.29 is 23.9 Å². The highest BCUT2D eigenvalue weighted by molar-refractivity contribution is 6.21. The molecular formula is C19H23N3O5. The highest BCUT2D eigenvalue weighted by atomic mass is 16.5. The Bertz CT molecular complexity index is 720. The van der Waals surface area contributed by atoms with Gasteiger partial charge in [-0.2, -0.15) is 0 Å². The summed E-state index contributed by atoms with van der Waals surface area (Å²) in [5.74, 6) is -1.03. The fourth-order valence-corrected chi connectivity index (χ4v) is 3.41. The maximum atomic E-state index is 12.3. The molecule has 0 aromatic heterocycles. The maximum absolute atomic E-state index is 12.3. The highest BCUT2D eigenvalue weighted by Crippen LogP contribution is 2.22. The number of hydrogen-bond donors (Lipinski definition) is 1. The first-order valence-corrected chi connectivity index (χ1v) is 9.17. The second-order valence-corrected chi connectivity index (χ2v) is 6.55. The lowest BCUT2D eigenvalue weighted by atomic mass is 9.97. The average Bonchev–Trinajstić information content (AvgIpc) is 2.93. The molecular weight excluding hydrogens is 350 g/mol. The number of benzene rings is 1. The predicted octanol–water partition coefficient (Wildman–Crippen LogP) is 1.27. The van der Waals surface area contributed by atoms with Gasteiger partial charge in [-0.05, 0) is 31.9 Å². The van der Waals surface area contributed by atoms with Gasteiger partial charge in [0, 0.05) is 26.2 Å².